The molecule has 0 spiro atoms. The lowest BCUT2D eigenvalue weighted by atomic mass is 10.0. The van der Waals surface area contributed by atoms with Crippen molar-refractivity contribution in [3.05, 3.63) is 33.7 Å². The van der Waals surface area contributed by atoms with Crippen molar-refractivity contribution in [1.82, 2.24) is 14.8 Å². The zero-order chi connectivity index (χ0) is 17.3. The second-order valence-corrected chi connectivity index (χ2v) is 6.75. The number of amides is 1. The van der Waals surface area contributed by atoms with E-state index in [9.17, 15) is 18.4 Å². The van der Waals surface area contributed by atoms with Crippen molar-refractivity contribution in [1.29, 1.82) is 0 Å². The Bertz CT molecular complexity index is 687. The van der Waals surface area contributed by atoms with Crippen LogP contribution in [0.3, 0.4) is 0 Å². The summed E-state index contributed by atoms with van der Waals surface area (Å²) in [7, 11) is 0. The Morgan fingerprint density at radius 1 is 1.32 bits per heavy atom. The summed E-state index contributed by atoms with van der Waals surface area (Å²) < 4.78 is 28.8. The molecule has 5 nitrogen and oxygen atoms in total. The predicted octanol–water partition coefficient (Wildman–Crippen LogP) is 2.37. The molecule has 2 aliphatic rings. The van der Waals surface area contributed by atoms with Crippen LogP contribution in [0.25, 0.3) is 0 Å². The van der Waals surface area contributed by atoms with E-state index in [-0.39, 0.29) is 49.0 Å². The minimum atomic E-state index is -2.87. The Hall–Kier alpha value is -1.47. The van der Waals surface area contributed by atoms with Gasteiger partial charge in [-0.25, -0.2) is 8.78 Å². The number of piperidine rings is 2. The van der Waals surface area contributed by atoms with Crippen LogP contribution in [0.15, 0.2) is 17.1 Å². The van der Waals surface area contributed by atoms with Crippen molar-refractivity contribution in [2.75, 3.05) is 26.2 Å². The molecule has 0 radical (unpaired) electrons. The molecule has 25 heavy (non-hydrogen) atoms. The van der Waals surface area contributed by atoms with Gasteiger partial charge in [0.05, 0.1) is 6.54 Å². The zero-order valence-electron chi connectivity index (χ0n) is 14.3. The Morgan fingerprint density at radius 3 is 2.64 bits per heavy atom. The van der Waals surface area contributed by atoms with Crippen LogP contribution in [0, 0.1) is 6.92 Å². The highest BCUT2D eigenvalue weighted by Gasteiger charge is 2.38. The van der Waals surface area contributed by atoms with Crippen molar-refractivity contribution in [3.8, 4) is 0 Å². The second-order valence-electron chi connectivity index (χ2n) is 6.75. The summed E-state index contributed by atoms with van der Waals surface area (Å²) >= 11 is 0. The van der Waals surface area contributed by atoms with Crippen molar-refractivity contribution in [2.24, 2.45) is 0 Å². The molecule has 0 unspecified atom stereocenters. The number of nitrogens with zero attached hydrogens (tertiary/aromatic N) is 2. The van der Waals surface area contributed by atoms with Gasteiger partial charge in [-0.1, -0.05) is 0 Å². The van der Waals surface area contributed by atoms with E-state index in [2.05, 4.69) is 5.32 Å². The number of hydrogen-bond acceptors (Lipinski definition) is 3. The first kappa shape index (κ1) is 19.8. The van der Waals surface area contributed by atoms with Gasteiger partial charge in [0.1, 0.15) is 5.56 Å². The largest absolute Gasteiger partial charge is 0.332 e. The summed E-state index contributed by atoms with van der Waals surface area (Å²) in [5, 5.41) is 3.24. The van der Waals surface area contributed by atoms with E-state index in [0.29, 0.717) is 5.56 Å². The average Bonchev–Trinajstić information content (AvgIpc) is 2.54. The van der Waals surface area contributed by atoms with Crippen molar-refractivity contribution in [3.63, 3.8) is 0 Å². The highest BCUT2D eigenvalue weighted by Crippen LogP contribution is 2.27. The van der Waals surface area contributed by atoms with E-state index < -0.39 is 18.4 Å². The number of carbonyl (C=O) groups excluding carboxylic acids is 1. The van der Waals surface area contributed by atoms with Crippen LogP contribution >= 0.6 is 12.4 Å². The Kier molecular flexibility index (Phi) is 6.21. The highest BCUT2D eigenvalue weighted by molar-refractivity contribution is 5.95. The molecule has 2 fully saturated rings. The fraction of sp³-hybridized carbons (Fsp3) is 0.647. The Labute approximate surface area is 151 Å². The van der Waals surface area contributed by atoms with Crippen LogP contribution in [0.2, 0.25) is 0 Å². The number of carbonyl (C=O) groups is 1. The van der Waals surface area contributed by atoms with Crippen molar-refractivity contribution in [2.45, 2.75) is 44.6 Å². The summed E-state index contributed by atoms with van der Waals surface area (Å²) in [4.78, 5) is 26.7. The number of alkyl halides is 2. The maximum absolute atomic E-state index is 13.6. The summed E-state index contributed by atoms with van der Waals surface area (Å²) in [6, 6.07) is 1.78. The van der Waals surface area contributed by atoms with E-state index in [1.807, 2.05) is 0 Å². The molecule has 1 amide bonds. The van der Waals surface area contributed by atoms with Gasteiger partial charge in [-0.15, -0.1) is 12.4 Å². The molecule has 3 rings (SSSR count). The number of hydrogen-bond donors (Lipinski definition) is 1. The molecule has 2 saturated heterocycles. The molecule has 3 heterocycles. The number of aryl methyl sites for hydroxylation is 1. The quantitative estimate of drug-likeness (QED) is 0.863. The number of likely N-dealkylation sites (tertiary alicyclic amines) is 1. The van der Waals surface area contributed by atoms with Crippen LogP contribution in [-0.4, -0.2) is 47.5 Å². The number of rotatable bonds is 2. The Balaban J connectivity index is 0.00000225. The van der Waals surface area contributed by atoms with Gasteiger partial charge in [-0.3, -0.25) is 9.59 Å². The van der Waals surface area contributed by atoms with Gasteiger partial charge < -0.3 is 14.8 Å². The van der Waals surface area contributed by atoms with E-state index >= 15 is 0 Å². The first-order chi connectivity index (χ1) is 11.4. The number of nitrogens with one attached hydrogen (secondary N) is 1. The first-order valence-electron chi connectivity index (χ1n) is 8.48. The lowest BCUT2D eigenvalue weighted by Crippen LogP contribution is -2.48. The highest BCUT2D eigenvalue weighted by atomic mass is 35.5. The second kappa shape index (κ2) is 7.83. The van der Waals surface area contributed by atoms with Gasteiger partial charge in [0, 0.05) is 25.2 Å². The molecule has 2 aliphatic heterocycles. The molecular weight excluding hydrogens is 352 g/mol. The third-order valence-electron chi connectivity index (χ3n) is 4.92. The third kappa shape index (κ3) is 4.20. The maximum Gasteiger partial charge on any atom is 0.265 e. The topological polar surface area (TPSA) is 54.3 Å². The van der Waals surface area contributed by atoms with Crippen LogP contribution < -0.4 is 10.9 Å². The molecule has 0 atom stereocenters. The molecule has 0 bridgehead atoms. The van der Waals surface area contributed by atoms with Crippen molar-refractivity contribution >= 4 is 18.3 Å². The summed E-state index contributed by atoms with van der Waals surface area (Å²) in [5.41, 5.74) is 0.221. The van der Waals surface area contributed by atoms with Crippen molar-refractivity contribution < 1.29 is 13.6 Å². The minimum absolute atomic E-state index is 0. The van der Waals surface area contributed by atoms with Crippen LogP contribution in [0.5, 0.6) is 0 Å². The number of pyridine rings is 1. The SMILES string of the molecule is Cc1ccn(C2CCNCC2)c(=O)c1C(=O)N1CCCC(F)(F)C1.Cl. The average molecular weight is 376 g/mol. The number of halogens is 3. The first-order valence-corrected chi connectivity index (χ1v) is 8.48. The maximum atomic E-state index is 13.6. The summed E-state index contributed by atoms with van der Waals surface area (Å²) in [6.45, 7) is 3.01. The molecule has 8 heteroatoms. The van der Waals surface area contributed by atoms with E-state index in [1.54, 1.807) is 23.8 Å². The molecule has 0 aromatic carbocycles. The standard InChI is InChI=1S/C17H23F2N3O2.ClH/c1-12-5-10-22(13-3-7-20-8-4-13)16(24)14(12)15(23)21-9-2-6-17(18,19)11-21;/h5,10,13,20H,2-4,6-9,11H2,1H3;1H. The van der Waals surface area contributed by atoms with E-state index in [0.717, 1.165) is 30.8 Å². The lowest BCUT2D eigenvalue weighted by molar-refractivity contribution is -0.0561. The number of aromatic nitrogens is 1. The fourth-order valence-electron chi connectivity index (χ4n) is 3.57. The molecular formula is C17H24ClF2N3O2. The summed E-state index contributed by atoms with van der Waals surface area (Å²) in [5.74, 6) is -3.44. The molecule has 1 aromatic rings. The third-order valence-corrected chi connectivity index (χ3v) is 4.92. The lowest BCUT2D eigenvalue weighted by Gasteiger charge is -2.33. The summed E-state index contributed by atoms with van der Waals surface area (Å²) in [6.07, 6.45) is 3.41. The van der Waals surface area contributed by atoms with E-state index in [1.165, 1.54) is 0 Å². The molecule has 1 N–H and O–H groups in total. The predicted molar refractivity (Wildman–Crippen MR) is 93.9 cm³/mol. The van der Waals surface area contributed by atoms with Crippen LogP contribution in [0.4, 0.5) is 8.78 Å². The molecule has 0 saturated carbocycles. The smallest absolute Gasteiger partial charge is 0.265 e. The van der Waals surface area contributed by atoms with Gasteiger partial charge in [0.25, 0.3) is 17.4 Å². The molecule has 1 aromatic heterocycles. The van der Waals surface area contributed by atoms with Gasteiger partial charge in [-0.05, 0) is 50.9 Å². The molecule has 0 aliphatic carbocycles. The van der Waals surface area contributed by atoms with E-state index in [4.69, 9.17) is 0 Å². The minimum Gasteiger partial charge on any atom is -0.332 e. The fourth-order valence-corrected chi connectivity index (χ4v) is 3.57. The normalized spacial score (nSPS) is 20.8. The Morgan fingerprint density at radius 2 is 2.00 bits per heavy atom. The zero-order valence-corrected chi connectivity index (χ0v) is 15.1. The van der Waals surface area contributed by atoms with Gasteiger partial charge in [0.15, 0.2) is 0 Å². The van der Waals surface area contributed by atoms with Gasteiger partial charge >= 0.3 is 0 Å². The van der Waals surface area contributed by atoms with Gasteiger partial charge in [0.2, 0.25) is 0 Å². The van der Waals surface area contributed by atoms with Gasteiger partial charge in [-0.2, -0.15) is 0 Å². The monoisotopic (exact) mass is 375 g/mol. The van der Waals surface area contributed by atoms with Crippen LogP contribution in [0.1, 0.15) is 47.6 Å². The molecule has 140 valence electrons. The van der Waals surface area contributed by atoms with Crippen LogP contribution in [-0.2, 0) is 0 Å².